The van der Waals surface area contributed by atoms with Crippen LogP contribution in [0.4, 0.5) is 0 Å². The third-order valence-corrected chi connectivity index (χ3v) is 3.65. The minimum atomic E-state index is -0.0541. The number of aryl methyl sites for hydroxylation is 2. The van der Waals surface area contributed by atoms with Gasteiger partial charge in [0.25, 0.3) is 5.91 Å². The molecule has 0 radical (unpaired) electrons. The average Bonchev–Trinajstić information content (AvgIpc) is 2.37. The van der Waals surface area contributed by atoms with Gasteiger partial charge in [0.1, 0.15) is 0 Å². The fourth-order valence-corrected chi connectivity index (χ4v) is 2.41. The van der Waals surface area contributed by atoms with Crippen molar-refractivity contribution in [3.63, 3.8) is 0 Å². The zero-order chi connectivity index (χ0) is 15.3. The molecule has 20 heavy (non-hydrogen) atoms. The molecule has 0 saturated carbocycles. The smallest absolute Gasteiger partial charge is 0.254 e. The van der Waals surface area contributed by atoms with Crippen LogP contribution in [0, 0.1) is 19.3 Å². The zero-order valence-corrected chi connectivity index (χ0v) is 13.5. The maximum atomic E-state index is 12.9. The van der Waals surface area contributed by atoms with Crippen LogP contribution < -0.4 is 5.73 Å². The highest BCUT2D eigenvalue weighted by molar-refractivity contribution is 5.97. The summed E-state index contributed by atoms with van der Waals surface area (Å²) in [5.74, 6) is 0.129. The van der Waals surface area contributed by atoms with Gasteiger partial charge < -0.3 is 10.6 Å². The maximum Gasteiger partial charge on any atom is 0.254 e. The second-order valence-corrected chi connectivity index (χ2v) is 6.36. The summed E-state index contributed by atoms with van der Waals surface area (Å²) in [5.41, 5.74) is 8.69. The molecule has 1 rings (SSSR count). The second-order valence-electron chi connectivity index (χ2n) is 6.36. The van der Waals surface area contributed by atoms with Crippen LogP contribution in [0.3, 0.4) is 0 Å². The largest absolute Gasteiger partial charge is 0.338 e. The van der Waals surface area contributed by atoms with Crippen molar-refractivity contribution in [2.75, 3.05) is 19.6 Å². The van der Waals surface area contributed by atoms with Crippen molar-refractivity contribution in [2.24, 2.45) is 11.1 Å². The molecule has 1 amide bonds. The van der Waals surface area contributed by atoms with E-state index in [9.17, 15) is 4.79 Å². The lowest BCUT2D eigenvalue weighted by Crippen LogP contribution is -2.42. The number of hydrogen-bond acceptors (Lipinski definition) is 2. The molecule has 0 aliphatic carbocycles. The number of carbonyl (C=O) groups is 1. The number of benzene rings is 1. The van der Waals surface area contributed by atoms with Gasteiger partial charge in [0.15, 0.2) is 0 Å². The molecule has 0 fully saturated rings. The second kappa shape index (κ2) is 6.89. The summed E-state index contributed by atoms with van der Waals surface area (Å²) in [6, 6.07) is 5.99. The number of nitrogens with two attached hydrogens (primary N) is 1. The van der Waals surface area contributed by atoms with Gasteiger partial charge in [-0.15, -0.1) is 0 Å². The van der Waals surface area contributed by atoms with Crippen LogP contribution in [-0.4, -0.2) is 30.4 Å². The van der Waals surface area contributed by atoms with Gasteiger partial charge in [-0.25, -0.2) is 0 Å². The van der Waals surface area contributed by atoms with Crippen molar-refractivity contribution >= 4 is 5.91 Å². The summed E-state index contributed by atoms with van der Waals surface area (Å²) in [7, 11) is 0. The first-order valence-corrected chi connectivity index (χ1v) is 7.38. The first-order valence-electron chi connectivity index (χ1n) is 7.38. The molecule has 0 aliphatic heterocycles. The van der Waals surface area contributed by atoms with Gasteiger partial charge in [-0.2, -0.15) is 0 Å². The molecule has 112 valence electrons. The Bertz CT molecular complexity index is 446. The lowest BCUT2D eigenvalue weighted by molar-refractivity contribution is 0.0688. The van der Waals surface area contributed by atoms with Gasteiger partial charge in [0.2, 0.25) is 0 Å². The van der Waals surface area contributed by atoms with Crippen molar-refractivity contribution < 1.29 is 4.79 Å². The highest BCUT2D eigenvalue weighted by atomic mass is 16.2. The van der Waals surface area contributed by atoms with Gasteiger partial charge in [-0.3, -0.25) is 4.79 Å². The molecule has 2 N–H and O–H groups in total. The van der Waals surface area contributed by atoms with E-state index in [1.165, 1.54) is 0 Å². The van der Waals surface area contributed by atoms with E-state index < -0.39 is 0 Å². The van der Waals surface area contributed by atoms with Crippen LogP contribution in [0.2, 0.25) is 0 Å². The molecule has 1 aromatic carbocycles. The molecule has 0 unspecified atom stereocenters. The molecular formula is C17H28N2O. The van der Waals surface area contributed by atoms with Crippen molar-refractivity contribution in [2.45, 2.75) is 41.0 Å². The molecule has 0 aromatic heterocycles. The minimum absolute atomic E-state index is 0.0541. The predicted octanol–water partition coefficient (Wildman–Crippen LogP) is 3.14. The van der Waals surface area contributed by atoms with E-state index in [0.717, 1.165) is 29.7 Å². The van der Waals surface area contributed by atoms with Crippen LogP contribution in [0.1, 0.15) is 48.7 Å². The van der Waals surface area contributed by atoms with Crippen LogP contribution in [0.5, 0.6) is 0 Å². The van der Waals surface area contributed by atoms with Gasteiger partial charge >= 0.3 is 0 Å². The van der Waals surface area contributed by atoms with Crippen molar-refractivity contribution in [1.29, 1.82) is 0 Å². The Hall–Kier alpha value is -1.35. The monoisotopic (exact) mass is 276 g/mol. The highest BCUT2D eigenvalue weighted by Gasteiger charge is 2.25. The normalized spacial score (nSPS) is 11.5. The number of hydrogen-bond donors (Lipinski definition) is 1. The summed E-state index contributed by atoms with van der Waals surface area (Å²) < 4.78 is 0. The third-order valence-electron chi connectivity index (χ3n) is 3.65. The van der Waals surface area contributed by atoms with Crippen LogP contribution in [-0.2, 0) is 0 Å². The quantitative estimate of drug-likeness (QED) is 0.867. The lowest BCUT2D eigenvalue weighted by atomic mass is 9.92. The van der Waals surface area contributed by atoms with Crippen molar-refractivity contribution in [1.82, 2.24) is 4.90 Å². The molecule has 3 heteroatoms. The standard InChI is InChI=1S/C17H28N2O/c1-6-10-19(12-17(4,5)11-18)16(20)15-13(2)8-7-9-14(15)3/h7-9H,6,10-12,18H2,1-5H3. The minimum Gasteiger partial charge on any atom is -0.338 e. The highest BCUT2D eigenvalue weighted by Crippen LogP contribution is 2.20. The molecule has 1 aromatic rings. The molecule has 0 atom stereocenters. The summed E-state index contributed by atoms with van der Waals surface area (Å²) in [6.07, 6.45) is 0.956. The summed E-state index contributed by atoms with van der Waals surface area (Å²) in [6.45, 7) is 12.4. The number of amides is 1. The Balaban J connectivity index is 3.06. The Morgan fingerprint density at radius 2 is 1.80 bits per heavy atom. The summed E-state index contributed by atoms with van der Waals surface area (Å²) in [4.78, 5) is 14.8. The maximum absolute atomic E-state index is 12.9. The summed E-state index contributed by atoms with van der Waals surface area (Å²) in [5, 5.41) is 0. The number of nitrogens with zero attached hydrogens (tertiary/aromatic N) is 1. The van der Waals surface area contributed by atoms with Gasteiger partial charge in [0, 0.05) is 18.7 Å². The SMILES string of the molecule is CCCN(CC(C)(C)CN)C(=O)c1c(C)cccc1C. The molecule has 0 bridgehead atoms. The van der Waals surface area contributed by atoms with E-state index in [1.54, 1.807) is 0 Å². The van der Waals surface area contributed by atoms with Gasteiger partial charge in [-0.1, -0.05) is 39.0 Å². The van der Waals surface area contributed by atoms with Gasteiger partial charge in [0.05, 0.1) is 0 Å². The zero-order valence-electron chi connectivity index (χ0n) is 13.5. The lowest BCUT2D eigenvalue weighted by Gasteiger charge is -2.32. The average molecular weight is 276 g/mol. The third kappa shape index (κ3) is 4.07. The van der Waals surface area contributed by atoms with Gasteiger partial charge in [-0.05, 0) is 43.4 Å². The topological polar surface area (TPSA) is 46.3 Å². The Morgan fingerprint density at radius 3 is 2.25 bits per heavy atom. The molecule has 0 saturated heterocycles. The molecular weight excluding hydrogens is 248 g/mol. The molecule has 0 heterocycles. The fraction of sp³-hybridized carbons (Fsp3) is 0.588. The van der Waals surface area contributed by atoms with E-state index in [1.807, 2.05) is 36.9 Å². The first kappa shape index (κ1) is 16.7. The van der Waals surface area contributed by atoms with E-state index >= 15 is 0 Å². The molecule has 3 nitrogen and oxygen atoms in total. The van der Waals surface area contributed by atoms with Crippen LogP contribution in [0.25, 0.3) is 0 Å². The fourth-order valence-electron chi connectivity index (χ4n) is 2.41. The summed E-state index contributed by atoms with van der Waals surface area (Å²) >= 11 is 0. The predicted molar refractivity (Wildman–Crippen MR) is 84.9 cm³/mol. The number of rotatable bonds is 6. The molecule has 0 aliphatic rings. The van der Waals surface area contributed by atoms with E-state index in [0.29, 0.717) is 13.1 Å². The van der Waals surface area contributed by atoms with Crippen LogP contribution in [0.15, 0.2) is 18.2 Å². The van der Waals surface area contributed by atoms with Crippen LogP contribution >= 0.6 is 0 Å². The van der Waals surface area contributed by atoms with E-state index in [4.69, 9.17) is 5.73 Å². The van der Waals surface area contributed by atoms with E-state index in [-0.39, 0.29) is 11.3 Å². The van der Waals surface area contributed by atoms with Crippen molar-refractivity contribution in [3.8, 4) is 0 Å². The number of carbonyl (C=O) groups excluding carboxylic acids is 1. The molecule has 0 spiro atoms. The van der Waals surface area contributed by atoms with Crippen molar-refractivity contribution in [3.05, 3.63) is 34.9 Å². The van der Waals surface area contributed by atoms with E-state index in [2.05, 4.69) is 20.8 Å². The Labute approximate surface area is 123 Å². The Kier molecular flexibility index (Phi) is 5.75. The Morgan fingerprint density at radius 1 is 1.25 bits per heavy atom. The first-order chi connectivity index (χ1) is 9.32.